The lowest BCUT2D eigenvalue weighted by Crippen LogP contribution is -2.27. The van der Waals surface area contributed by atoms with Gasteiger partial charge in [-0.1, -0.05) is 0 Å². The van der Waals surface area contributed by atoms with Crippen molar-refractivity contribution in [3.05, 3.63) is 40.8 Å². The van der Waals surface area contributed by atoms with Crippen LogP contribution in [0.2, 0.25) is 0 Å². The molecule has 1 heterocycles. The molecule has 1 atom stereocenters. The van der Waals surface area contributed by atoms with Gasteiger partial charge in [0.2, 0.25) is 10.0 Å². The van der Waals surface area contributed by atoms with Crippen molar-refractivity contribution in [3.8, 4) is 5.75 Å². The summed E-state index contributed by atoms with van der Waals surface area (Å²) in [6.45, 7) is 1.69. The molecule has 0 aliphatic carbocycles. The average Bonchev–Trinajstić information content (AvgIpc) is 2.94. The molecule has 0 aliphatic heterocycles. The molecule has 21 heavy (non-hydrogen) atoms. The Hall–Kier alpha value is -1.51. The molecule has 3 N–H and O–H groups in total. The molecular weight excluding hydrogens is 360 g/mol. The van der Waals surface area contributed by atoms with Crippen molar-refractivity contribution in [2.24, 2.45) is 0 Å². The molecule has 2 rings (SSSR count). The Balaban J connectivity index is 2.38. The summed E-state index contributed by atoms with van der Waals surface area (Å²) in [6.07, 6.45) is 1.48. The Morgan fingerprint density at radius 3 is 2.71 bits per heavy atom. The van der Waals surface area contributed by atoms with E-state index in [-0.39, 0.29) is 10.6 Å². The molecule has 0 radical (unpaired) electrons. The van der Waals surface area contributed by atoms with Gasteiger partial charge in [-0.15, -0.1) is 0 Å². The lowest BCUT2D eigenvalue weighted by Gasteiger charge is -2.15. The summed E-state index contributed by atoms with van der Waals surface area (Å²) in [5, 5.41) is 0. The molecule has 0 saturated carbocycles. The first kappa shape index (κ1) is 15.9. The van der Waals surface area contributed by atoms with Crippen LogP contribution in [0.4, 0.5) is 5.69 Å². The van der Waals surface area contributed by atoms with E-state index in [1.807, 2.05) is 0 Å². The topological polar surface area (TPSA) is 94.6 Å². The number of ether oxygens (including phenoxy) is 1. The number of benzene rings is 1. The lowest BCUT2D eigenvalue weighted by atomic mass is 10.3. The maximum atomic E-state index is 12.5. The van der Waals surface area contributed by atoms with Gasteiger partial charge in [-0.2, -0.15) is 0 Å². The van der Waals surface area contributed by atoms with E-state index in [4.69, 9.17) is 14.9 Å². The number of hydrogen-bond donors (Lipinski definition) is 2. The zero-order chi connectivity index (χ0) is 15.6. The van der Waals surface area contributed by atoms with Gasteiger partial charge in [-0.05, 0) is 47.1 Å². The maximum absolute atomic E-state index is 12.5. The van der Waals surface area contributed by atoms with E-state index in [9.17, 15) is 8.42 Å². The molecule has 2 aromatic rings. The van der Waals surface area contributed by atoms with Crippen LogP contribution in [0.3, 0.4) is 0 Å². The lowest BCUT2D eigenvalue weighted by molar-refractivity contribution is 0.401. The highest BCUT2D eigenvalue weighted by Crippen LogP contribution is 2.32. The molecule has 0 bridgehead atoms. The third kappa shape index (κ3) is 3.39. The second-order valence-electron chi connectivity index (χ2n) is 4.38. The molecule has 0 amide bonds. The molecule has 0 saturated heterocycles. The third-order valence-corrected chi connectivity index (χ3v) is 5.12. The first-order valence-electron chi connectivity index (χ1n) is 6.04. The Morgan fingerprint density at radius 2 is 2.14 bits per heavy atom. The number of furan rings is 1. The van der Waals surface area contributed by atoms with Gasteiger partial charge in [0.15, 0.2) is 0 Å². The highest BCUT2D eigenvalue weighted by atomic mass is 79.9. The summed E-state index contributed by atoms with van der Waals surface area (Å²) in [6, 6.07) is 5.74. The Labute approximate surface area is 131 Å². The number of nitrogens with two attached hydrogens (primary N) is 1. The van der Waals surface area contributed by atoms with Gasteiger partial charge >= 0.3 is 0 Å². The van der Waals surface area contributed by atoms with Crippen LogP contribution in [-0.2, 0) is 10.0 Å². The van der Waals surface area contributed by atoms with E-state index in [1.54, 1.807) is 19.1 Å². The fourth-order valence-corrected chi connectivity index (χ4v) is 3.53. The molecule has 0 fully saturated rings. The molecular formula is C13H15BrN2O4S. The zero-order valence-electron chi connectivity index (χ0n) is 11.5. The quantitative estimate of drug-likeness (QED) is 0.784. The maximum Gasteiger partial charge on any atom is 0.244 e. The van der Waals surface area contributed by atoms with Gasteiger partial charge < -0.3 is 14.9 Å². The summed E-state index contributed by atoms with van der Waals surface area (Å²) < 4.78 is 38.3. The van der Waals surface area contributed by atoms with Crippen LogP contribution >= 0.6 is 15.9 Å². The molecule has 8 heteroatoms. The van der Waals surface area contributed by atoms with Crippen LogP contribution in [0.1, 0.15) is 18.7 Å². The van der Waals surface area contributed by atoms with E-state index in [0.29, 0.717) is 15.9 Å². The minimum atomic E-state index is -3.80. The number of nitrogen functional groups attached to an aromatic ring is 1. The number of nitrogens with one attached hydrogen (secondary N) is 1. The fraction of sp³-hybridized carbons (Fsp3) is 0.231. The highest BCUT2D eigenvalue weighted by molar-refractivity contribution is 9.10. The number of sulfonamides is 1. The van der Waals surface area contributed by atoms with Gasteiger partial charge in [0.25, 0.3) is 0 Å². The van der Waals surface area contributed by atoms with E-state index in [0.717, 1.165) is 0 Å². The van der Waals surface area contributed by atoms with Crippen molar-refractivity contribution >= 4 is 31.6 Å². The third-order valence-electron chi connectivity index (χ3n) is 2.87. The number of rotatable bonds is 5. The van der Waals surface area contributed by atoms with Crippen LogP contribution in [0.15, 0.2) is 44.3 Å². The van der Waals surface area contributed by atoms with Gasteiger partial charge in [-0.25, -0.2) is 13.1 Å². The van der Waals surface area contributed by atoms with Gasteiger partial charge in [-0.3, -0.25) is 0 Å². The minimum absolute atomic E-state index is 0.0240. The van der Waals surface area contributed by atoms with Crippen molar-refractivity contribution in [2.45, 2.75) is 17.9 Å². The Bertz CT molecular complexity index is 729. The van der Waals surface area contributed by atoms with Crippen LogP contribution in [0, 0.1) is 0 Å². The number of methoxy groups -OCH3 is 1. The van der Waals surface area contributed by atoms with Crippen molar-refractivity contribution in [2.75, 3.05) is 12.8 Å². The summed E-state index contributed by atoms with van der Waals surface area (Å²) in [4.78, 5) is -0.0240. The molecule has 1 unspecified atom stereocenters. The van der Waals surface area contributed by atoms with E-state index in [1.165, 1.54) is 25.5 Å². The molecule has 0 spiro atoms. The second kappa shape index (κ2) is 6.08. The number of hydrogen-bond acceptors (Lipinski definition) is 5. The molecule has 6 nitrogen and oxygen atoms in total. The number of halogens is 1. The van der Waals surface area contributed by atoms with Crippen molar-refractivity contribution < 1.29 is 17.6 Å². The molecule has 114 valence electrons. The van der Waals surface area contributed by atoms with Gasteiger partial charge in [0.1, 0.15) is 16.4 Å². The number of anilines is 1. The Kier molecular flexibility index (Phi) is 4.60. The summed E-state index contributed by atoms with van der Waals surface area (Å²) in [5.74, 6) is 0.720. The standard InChI is InChI=1S/C13H15BrN2O4S/c1-8(11-4-3-5-20-11)16-21(17,18)13-7-10(15)9(14)6-12(13)19-2/h3-8,16H,15H2,1-2H3. The van der Waals surface area contributed by atoms with Crippen LogP contribution in [-0.4, -0.2) is 15.5 Å². The molecule has 1 aromatic heterocycles. The van der Waals surface area contributed by atoms with Crippen LogP contribution in [0.25, 0.3) is 0 Å². The molecule has 0 aliphatic rings. The Morgan fingerprint density at radius 1 is 1.43 bits per heavy atom. The predicted octanol–water partition coefficient (Wildman–Crippen LogP) is 2.67. The van der Waals surface area contributed by atoms with Crippen molar-refractivity contribution in [3.63, 3.8) is 0 Å². The monoisotopic (exact) mass is 374 g/mol. The van der Waals surface area contributed by atoms with E-state index < -0.39 is 16.1 Å². The average molecular weight is 375 g/mol. The SMILES string of the molecule is COc1cc(Br)c(N)cc1S(=O)(=O)NC(C)c1ccco1. The summed E-state index contributed by atoms with van der Waals surface area (Å²) in [7, 11) is -2.41. The highest BCUT2D eigenvalue weighted by Gasteiger charge is 2.24. The van der Waals surface area contributed by atoms with E-state index >= 15 is 0 Å². The van der Waals surface area contributed by atoms with Gasteiger partial charge in [0.05, 0.1) is 19.4 Å². The first-order chi connectivity index (χ1) is 9.85. The smallest absolute Gasteiger partial charge is 0.244 e. The zero-order valence-corrected chi connectivity index (χ0v) is 13.9. The van der Waals surface area contributed by atoms with Crippen LogP contribution < -0.4 is 15.2 Å². The van der Waals surface area contributed by atoms with Crippen molar-refractivity contribution in [1.29, 1.82) is 0 Å². The summed E-state index contributed by atoms with van der Waals surface area (Å²) in [5.41, 5.74) is 6.06. The van der Waals surface area contributed by atoms with Crippen LogP contribution in [0.5, 0.6) is 5.75 Å². The van der Waals surface area contributed by atoms with Gasteiger partial charge in [0, 0.05) is 10.2 Å². The van der Waals surface area contributed by atoms with E-state index in [2.05, 4.69) is 20.7 Å². The fourth-order valence-electron chi connectivity index (χ4n) is 1.81. The normalized spacial score (nSPS) is 13.1. The predicted molar refractivity (Wildman–Crippen MR) is 82.6 cm³/mol. The molecule has 1 aromatic carbocycles. The first-order valence-corrected chi connectivity index (χ1v) is 8.31. The summed E-state index contributed by atoms with van der Waals surface area (Å²) >= 11 is 3.23. The largest absolute Gasteiger partial charge is 0.495 e. The second-order valence-corrected chi connectivity index (χ2v) is 6.92. The minimum Gasteiger partial charge on any atom is -0.495 e. The van der Waals surface area contributed by atoms with Crippen molar-refractivity contribution in [1.82, 2.24) is 4.72 Å².